The van der Waals surface area contributed by atoms with E-state index in [0.717, 1.165) is 17.3 Å². The molecule has 1 heterocycles. The Kier molecular flexibility index (Phi) is 4.62. The van der Waals surface area contributed by atoms with Crippen LogP contribution in [0.4, 0.5) is 5.95 Å². The number of hydrogen-bond donors (Lipinski definition) is 1. The fourth-order valence-corrected chi connectivity index (χ4v) is 1.97. The zero-order chi connectivity index (χ0) is 13.7. The molecule has 2 rings (SSSR count). The van der Waals surface area contributed by atoms with Crippen LogP contribution in [0.5, 0.6) is 0 Å². The molecule has 1 amide bonds. The first-order valence-corrected chi connectivity index (χ1v) is 6.83. The lowest BCUT2D eigenvalue weighted by Gasteiger charge is -2.02. The van der Waals surface area contributed by atoms with E-state index in [2.05, 4.69) is 43.6 Å². The molecule has 0 aliphatic rings. The maximum Gasteiger partial charge on any atom is 0.270 e. The minimum Gasteiger partial charge on any atom is -0.288 e. The lowest BCUT2D eigenvalue weighted by molar-refractivity contribution is 0.102. The summed E-state index contributed by atoms with van der Waals surface area (Å²) in [6.45, 7) is 2.79. The van der Waals surface area contributed by atoms with Crippen LogP contribution < -0.4 is 5.32 Å². The Bertz CT molecular complexity index is 569. The average Bonchev–Trinajstić information content (AvgIpc) is 2.84. The van der Waals surface area contributed by atoms with Crippen molar-refractivity contribution in [3.8, 4) is 0 Å². The number of aromatic nitrogens is 4. The van der Waals surface area contributed by atoms with Crippen LogP contribution in [0, 0.1) is 0 Å². The number of hydrogen-bond acceptors (Lipinski definition) is 4. The molecule has 0 aliphatic carbocycles. The summed E-state index contributed by atoms with van der Waals surface area (Å²) in [5.74, 6) is -0.0422. The summed E-state index contributed by atoms with van der Waals surface area (Å²) in [5, 5.41) is 14.4. The van der Waals surface area contributed by atoms with E-state index in [1.807, 2.05) is 6.07 Å². The molecule has 0 aliphatic heterocycles. The molecule has 0 radical (unpaired) electrons. The first-order valence-electron chi connectivity index (χ1n) is 6.04. The Morgan fingerprint density at radius 1 is 1.42 bits per heavy atom. The smallest absolute Gasteiger partial charge is 0.270 e. The van der Waals surface area contributed by atoms with E-state index in [9.17, 15) is 4.79 Å². The van der Waals surface area contributed by atoms with Crippen LogP contribution in [0.2, 0.25) is 0 Å². The zero-order valence-electron chi connectivity index (χ0n) is 10.5. The third-order valence-electron chi connectivity index (χ3n) is 2.51. The molecule has 0 atom stereocenters. The van der Waals surface area contributed by atoms with Crippen LogP contribution in [0.1, 0.15) is 30.1 Å². The first kappa shape index (κ1) is 13.7. The number of tetrazole rings is 1. The first-order chi connectivity index (χ1) is 9.20. The number of halogens is 1. The molecule has 0 saturated carbocycles. The van der Waals surface area contributed by atoms with Gasteiger partial charge in [-0.15, -0.1) is 5.10 Å². The van der Waals surface area contributed by atoms with Gasteiger partial charge in [0.2, 0.25) is 0 Å². The van der Waals surface area contributed by atoms with Gasteiger partial charge in [-0.1, -0.05) is 30.6 Å². The summed E-state index contributed by atoms with van der Waals surface area (Å²) in [7, 11) is 0. The van der Waals surface area contributed by atoms with Gasteiger partial charge in [-0.3, -0.25) is 10.1 Å². The molecule has 1 N–H and O–H groups in total. The van der Waals surface area contributed by atoms with Crippen LogP contribution in [0.25, 0.3) is 0 Å². The van der Waals surface area contributed by atoms with Crippen molar-refractivity contribution >= 4 is 27.8 Å². The van der Waals surface area contributed by atoms with E-state index in [-0.39, 0.29) is 11.9 Å². The molecular formula is C12H14BrN5O. The average molecular weight is 324 g/mol. The third-order valence-corrected chi connectivity index (χ3v) is 3.20. The van der Waals surface area contributed by atoms with Crippen molar-refractivity contribution < 1.29 is 4.79 Å². The van der Waals surface area contributed by atoms with Gasteiger partial charge in [0.25, 0.3) is 11.9 Å². The highest BCUT2D eigenvalue weighted by molar-refractivity contribution is 9.10. The molecular weight excluding hydrogens is 310 g/mol. The van der Waals surface area contributed by atoms with E-state index in [1.54, 1.807) is 18.2 Å². The lowest BCUT2D eigenvalue weighted by atomic mass is 10.2. The van der Waals surface area contributed by atoms with Crippen LogP contribution in [-0.2, 0) is 6.54 Å². The number of benzene rings is 1. The SMILES string of the molecule is CCCCn1nnc(NC(=O)c2ccccc2Br)n1. The van der Waals surface area contributed by atoms with Gasteiger partial charge in [0.15, 0.2) is 0 Å². The minimum atomic E-state index is -0.262. The standard InChI is InChI=1S/C12H14BrN5O/c1-2-3-8-18-16-12(15-17-18)14-11(19)9-6-4-5-7-10(9)13/h4-7H,2-3,8H2,1H3,(H,14,16,19). The summed E-state index contributed by atoms with van der Waals surface area (Å²) >= 11 is 3.33. The van der Waals surface area contributed by atoms with E-state index >= 15 is 0 Å². The molecule has 100 valence electrons. The largest absolute Gasteiger partial charge is 0.288 e. The van der Waals surface area contributed by atoms with Gasteiger partial charge in [-0.05, 0) is 39.7 Å². The highest BCUT2D eigenvalue weighted by Gasteiger charge is 2.12. The molecule has 0 saturated heterocycles. The number of carbonyl (C=O) groups is 1. The fraction of sp³-hybridized carbons (Fsp3) is 0.333. The van der Waals surface area contributed by atoms with Gasteiger partial charge in [-0.25, -0.2) is 0 Å². The molecule has 6 nitrogen and oxygen atoms in total. The second-order valence-electron chi connectivity index (χ2n) is 4.00. The van der Waals surface area contributed by atoms with E-state index in [4.69, 9.17) is 0 Å². The normalized spacial score (nSPS) is 10.4. The maximum absolute atomic E-state index is 12.0. The number of anilines is 1. The van der Waals surface area contributed by atoms with Crippen LogP contribution in [0.3, 0.4) is 0 Å². The number of carbonyl (C=O) groups excluding carboxylic acids is 1. The second kappa shape index (κ2) is 6.42. The number of aryl methyl sites for hydroxylation is 1. The Morgan fingerprint density at radius 3 is 2.95 bits per heavy atom. The predicted octanol–water partition coefficient (Wildman–Crippen LogP) is 2.49. The second-order valence-corrected chi connectivity index (χ2v) is 4.85. The Morgan fingerprint density at radius 2 is 2.21 bits per heavy atom. The van der Waals surface area contributed by atoms with E-state index < -0.39 is 0 Å². The van der Waals surface area contributed by atoms with Crippen molar-refractivity contribution in [2.24, 2.45) is 0 Å². The van der Waals surface area contributed by atoms with Crippen molar-refractivity contribution in [1.29, 1.82) is 0 Å². The van der Waals surface area contributed by atoms with E-state index in [1.165, 1.54) is 4.80 Å². The summed E-state index contributed by atoms with van der Waals surface area (Å²) in [4.78, 5) is 13.5. The van der Waals surface area contributed by atoms with Gasteiger partial charge in [0.05, 0.1) is 12.1 Å². The molecule has 7 heteroatoms. The number of unbranched alkanes of at least 4 members (excludes halogenated alkanes) is 1. The molecule has 1 aromatic carbocycles. The quantitative estimate of drug-likeness (QED) is 0.917. The molecule has 2 aromatic rings. The van der Waals surface area contributed by atoms with Gasteiger partial charge < -0.3 is 0 Å². The van der Waals surface area contributed by atoms with Crippen molar-refractivity contribution in [3.05, 3.63) is 34.3 Å². The van der Waals surface area contributed by atoms with Crippen molar-refractivity contribution in [2.75, 3.05) is 5.32 Å². The number of amides is 1. The van der Waals surface area contributed by atoms with Gasteiger partial charge >= 0.3 is 0 Å². The number of nitrogens with one attached hydrogen (secondary N) is 1. The third kappa shape index (κ3) is 3.60. The zero-order valence-corrected chi connectivity index (χ0v) is 12.1. The maximum atomic E-state index is 12.0. The molecule has 0 fully saturated rings. The number of rotatable bonds is 5. The highest BCUT2D eigenvalue weighted by atomic mass is 79.9. The topological polar surface area (TPSA) is 72.7 Å². The summed E-state index contributed by atoms with van der Waals surface area (Å²) in [6, 6.07) is 7.17. The Labute approximate surface area is 119 Å². The number of nitrogens with zero attached hydrogens (tertiary/aromatic N) is 4. The molecule has 0 unspecified atom stereocenters. The van der Waals surface area contributed by atoms with Gasteiger partial charge in [0.1, 0.15) is 0 Å². The molecule has 19 heavy (non-hydrogen) atoms. The summed E-state index contributed by atoms with van der Waals surface area (Å²) in [5.41, 5.74) is 0.535. The highest BCUT2D eigenvalue weighted by Crippen LogP contribution is 2.16. The monoisotopic (exact) mass is 323 g/mol. The van der Waals surface area contributed by atoms with Crippen LogP contribution >= 0.6 is 15.9 Å². The van der Waals surface area contributed by atoms with Crippen molar-refractivity contribution in [1.82, 2.24) is 20.2 Å². The van der Waals surface area contributed by atoms with Crippen molar-refractivity contribution in [3.63, 3.8) is 0 Å². The van der Waals surface area contributed by atoms with Crippen molar-refractivity contribution in [2.45, 2.75) is 26.3 Å². The fourth-order valence-electron chi connectivity index (χ4n) is 1.50. The minimum absolute atomic E-state index is 0.219. The Balaban J connectivity index is 2.03. The van der Waals surface area contributed by atoms with Crippen LogP contribution in [-0.4, -0.2) is 26.1 Å². The summed E-state index contributed by atoms with van der Waals surface area (Å²) in [6.07, 6.45) is 2.04. The van der Waals surface area contributed by atoms with Gasteiger partial charge in [0, 0.05) is 4.47 Å². The summed E-state index contributed by atoms with van der Waals surface area (Å²) < 4.78 is 0.728. The molecule has 0 bridgehead atoms. The van der Waals surface area contributed by atoms with Gasteiger partial charge in [-0.2, -0.15) is 4.80 Å². The Hall–Kier alpha value is -1.76. The van der Waals surface area contributed by atoms with E-state index in [0.29, 0.717) is 12.1 Å². The molecule has 1 aromatic heterocycles. The van der Waals surface area contributed by atoms with Crippen LogP contribution in [0.15, 0.2) is 28.7 Å². The molecule has 0 spiro atoms. The lowest BCUT2D eigenvalue weighted by Crippen LogP contribution is -2.14. The predicted molar refractivity (Wildman–Crippen MR) is 74.8 cm³/mol.